The van der Waals surface area contributed by atoms with Crippen molar-refractivity contribution in [3.8, 4) is 0 Å². The molecule has 2 aliphatic rings. The van der Waals surface area contributed by atoms with Gasteiger partial charge in [-0.15, -0.1) is 0 Å². The first kappa shape index (κ1) is 21.4. The minimum atomic E-state index is -0.260. The van der Waals surface area contributed by atoms with E-state index in [1.807, 2.05) is 17.9 Å². The zero-order valence-electron chi connectivity index (χ0n) is 18.2. The lowest BCUT2D eigenvalue weighted by Gasteiger charge is -2.22. The number of aryl methyl sites for hydroxylation is 1. The van der Waals surface area contributed by atoms with Gasteiger partial charge in [-0.2, -0.15) is 0 Å². The molecule has 0 aromatic heterocycles. The molecule has 29 heavy (non-hydrogen) atoms. The van der Waals surface area contributed by atoms with Gasteiger partial charge in [0.2, 0.25) is 11.8 Å². The maximum absolute atomic E-state index is 12.8. The van der Waals surface area contributed by atoms with Crippen LogP contribution in [0.5, 0.6) is 0 Å². The van der Waals surface area contributed by atoms with E-state index in [4.69, 9.17) is 0 Å². The van der Waals surface area contributed by atoms with Crippen LogP contribution >= 0.6 is 0 Å². The SMILES string of the molecule is CCN(CC)c1ccc(NC(=O)C2CC(=O)N(CCC3=CCCCC3)C2)c(C)c1. The normalized spacial score (nSPS) is 19.3. The van der Waals surface area contributed by atoms with Crippen molar-refractivity contribution in [3.05, 3.63) is 35.4 Å². The molecule has 0 bridgehead atoms. The predicted octanol–water partition coefficient (Wildman–Crippen LogP) is 4.52. The summed E-state index contributed by atoms with van der Waals surface area (Å²) in [5.41, 5.74) is 4.53. The summed E-state index contributed by atoms with van der Waals surface area (Å²) in [6.07, 6.45) is 8.47. The van der Waals surface area contributed by atoms with Crippen LogP contribution in [0.4, 0.5) is 11.4 Å². The number of amides is 2. The molecule has 1 fully saturated rings. The molecule has 1 aromatic rings. The Kier molecular flexibility index (Phi) is 7.34. The summed E-state index contributed by atoms with van der Waals surface area (Å²) in [6, 6.07) is 6.15. The van der Waals surface area contributed by atoms with Crippen LogP contribution in [0.1, 0.15) is 57.9 Å². The van der Waals surface area contributed by atoms with Crippen LogP contribution in [0.15, 0.2) is 29.8 Å². The Bertz CT molecular complexity index is 767. The first-order chi connectivity index (χ1) is 14.0. The average molecular weight is 398 g/mol. The van der Waals surface area contributed by atoms with Gasteiger partial charge in [-0.05, 0) is 76.6 Å². The number of nitrogens with zero attached hydrogens (tertiary/aromatic N) is 2. The molecule has 1 aliphatic carbocycles. The van der Waals surface area contributed by atoms with Crippen LogP contribution in [-0.4, -0.2) is 42.9 Å². The number of anilines is 2. The number of rotatable bonds is 8. The number of allylic oxidation sites excluding steroid dienone is 1. The second-order valence-corrected chi connectivity index (χ2v) is 8.26. The van der Waals surface area contributed by atoms with E-state index in [2.05, 4.69) is 42.3 Å². The van der Waals surface area contributed by atoms with Crippen molar-refractivity contribution in [2.45, 2.75) is 59.3 Å². The molecule has 0 radical (unpaired) electrons. The molecule has 1 N–H and O–H groups in total. The monoisotopic (exact) mass is 397 g/mol. The van der Waals surface area contributed by atoms with E-state index in [1.165, 1.54) is 30.5 Å². The van der Waals surface area contributed by atoms with E-state index in [-0.39, 0.29) is 17.7 Å². The lowest BCUT2D eigenvalue weighted by Crippen LogP contribution is -2.29. The summed E-state index contributed by atoms with van der Waals surface area (Å²) in [5.74, 6) is -0.198. The Balaban J connectivity index is 1.55. The molecule has 1 heterocycles. The summed E-state index contributed by atoms with van der Waals surface area (Å²) in [6.45, 7) is 9.49. The molecule has 0 spiro atoms. The summed E-state index contributed by atoms with van der Waals surface area (Å²) >= 11 is 0. The molecular formula is C24H35N3O2. The number of likely N-dealkylation sites (tertiary alicyclic amines) is 1. The quantitative estimate of drug-likeness (QED) is 0.656. The summed E-state index contributed by atoms with van der Waals surface area (Å²) < 4.78 is 0. The largest absolute Gasteiger partial charge is 0.372 e. The van der Waals surface area contributed by atoms with E-state index in [0.717, 1.165) is 43.7 Å². The zero-order valence-corrected chi connectivity index (χ0v) is 18.2. The third-order valence-corrected chi connectivity index (χ3v) is 6.27. The van der Waals surface area contributed by atoms with E-state index in [0.29, 0.717) is 13.0 Å². The molecule has 0 saturated carbocycles. The van der Waals surface area contributed by atoms with Crippen molar-refractivity contribution in [2.75, 3.05) is 36.4 Å². The number of nitrogens with one attached hydrogen (secondary N) is 1. The smallest absolute Gasteiger partial charge is 0.229 e. The first-order valence-corrected chi connectivity index (χ1v) is 11.1. The van der Waals surface area contributed by atoms with Gasteiger partial charge in [0.15, 0.2) is 0 Å². The molecule has 1 aliphatic heterocycles. The number of hydrogen-bond acceptors (Lipinski definition) is 3. The fraction of sp³-hybridized carbons (Fsp3) is 0.583. The maximum Gasteiger partial charge on any atom is 0.229 e. The third kappa shape index (κ3) is 5.40. The van der Waals surface area contributed by atoms with Crippen molar-refractivity contribution in [1.29, 1.82) is 0 Å². The summed E-state index contributed by atoms with van der Waals surface area (Å²) in [7, 11) is 0. The van der Waals surface area contributed by atoms with E-state index in [9.17, 15) is 9.59 Å². The van der Waals surface area contributed by atoms with Gasteiger partial charge in [-0.1, -0.05) is 11.6 Å². The van der Waals surface area contributed by atoms with Crippen LogP contribution in [0.25, 0.3) is 0 Å². The van der Waals surface area contributed by atoms with Crippen LogP contribution in [0, 0.1) is 12.8 Å². The van der Waals surface area contributed by atoms with Crippen LogP contribution in [0.2, 0.25) is 0 Å². The van der Waals surface area contributed by atoms with Gasteiger partial charge >= 0.3 is 0 Å². The number of benzene rings is 1. The van der Waals surface area contributed by atoms with E-state index in [1.54, 1.807) is 0 Å². The molecule has 1 saturated heterocycles. The molecule has 5 nitrogen and oxygen atoms in total. The molecule has 3 rings (SSSR count). The maximum atomic E-state index is 12.8. The van der Waals surface area contributed by atoms with E-state index < -0.39 is 0 Å². The van der Waals surface area contributed by atoms with Gasteiger partial charge in [0.25, 0.3) is 0 Å². The number of carbonyl (C=O) groups is 2. The molecule has 2 amide bonds. The zero-order chi connectivity index (χ0) is 20.8. The molecule has 5 heteroatoms. The minimum absolute atomic E-state index is 0.0450. The second kappa shape index (κ2) is 9.95. The van der Waals surface area contributed by atoms with Crippen LogP contribution in [-0.2, 0) is 9.59 Å². The van der Waals surface area contributed by atoms with Gasteiger partial charge in [0.05, 0.1) is 5.92 Å². The fourth-order valence-corrected chi connectivity index (χ4v) is 4.38. The Morgan fingerprint density at radius 3 is 2.69 bits per heavy atom. The van der Waals surface area contributed by atoms with Crippen molar-refractivity contribution >= 4 is 23.2 Å². The van der Waals surface area contributed by atoms with Gasteiger partial charge in [-0.3, -0.25) is 9.59 Å². The highest BCUT2D eigenvalue weighted by molar-refractivity contribution is 5.97. The van der Waals surface area contributed by atoms with Crippen molar-refractivity contribution in [1.82, 2.24) is 4.90 Å². The van der Waals surface area contributed by atoms with Crippen molar-refractivity contribution in [2.24, 2.45) is 5.92 Å². The standard InChI is InChI=1S/C24H35N3O2/c1-4-26(5-2)21-11-12-22(18(3)15-21)25-24(29)20-16-23(28)27(17-20)14-13-19-9-7-6-8-10-19/h9,11-12,15,20H,4-8,10,13-14,16-17H2,1-3H3,(H,25,29). The lowest BCUT2D eigenvalue weighted by molar-refractivity contribution is -0.128. The summed E-state index contributed by atoms with van der Waals surface area (Å²) in [4.78, 5) is 29.3. The van der Waals surface area contributed by atoms with Crippen molar-refractivity contribution in [3.63, 3.8) is 0 Å². The van der Waals surface area contributed by atoms with Gasteiger partial charge in [-0.25, -0.2) is 0 Å². The summed E-state index contributed by atoms with van der Waals surface area (Å²) in [5, 5.41) is 3.05. The highest BCUT2D eigenvalue weighted by Gasteiger charge is 2.34. The Hall–Kier alpha value is -2.30. The van der Waals surface area contributed by atoms with E-state index >= 15 is 0 Å². The third-order valence-electron chi connectivity index (χ3n) is 6.27. The topological polar surface area (TPSA) is 52.7 Å². The van der Waals surface area contributed by atoms with Crippen LogP contribution < -0.4 is 10.2 Å². The Morgan fingerprint density at radius 2 is 2.03 bits per heavy atom. The highest BCUT2D eigenvalue weighted by Crippen LogP contribution is 2.26. The molecule has 1 aromatic carbocycles. The lowest BCUT2D eigenvalue weighted by atomic mass is 9.97. The van der Waals surface area contributed by atoms with Crippen molar-refractivity contribution < 1.29 is 9.59 Å². The fourth-order valence-electron chi connectivity index (χ4n) is 4.38. The van der Waals surface area contributed by atoms with Gasteiger partial charge < -0.3 is 15.1 Å². The highest BCUT2D eigenvalue weighted by atomic mass is 16.2. The Labute approximate surface area is 175 Å². The molecule has 1 atom stereocenters. The second-order valence-electron chi connectivity index (χ2n) is 8.26. The number of carbonyl (C=O) groups excluding carboxylic acids is 2. The predicted molar refractivity (Wildman–Crippen MR) is 119 cm³/mol. The first-order valence-electron chi connectivity index (χ1n) is 11.1. The number of hydrogen-bond donors (Lipinski definition) is 1. The van der Waals surface area contributed by atoms with Crippen LogP contribution in [0.3, 0.4) is 0 Å². The molecule has 1 unspecified atom stereocenters. The van der Waals surface area contributed by atoms with Gasteiger partial charge in [0, 0.05) is 44.0 Å². The Morgan fingerprint density at radius 1 is 1.24 bits per heavy atom. The average Bonchev–Trinajstić information content (AvgIpc) is 3.11. The molecular weight excluding hydrogens is 362 g/mol. The van der Waals surface area contributed by atoms with Gasteiger partial charge in [0.1, 0.15) is 0 Å². The molecule has 158 valence electrons. The minimum Gasteiger partial charge on any atom is -0.372 e.